The molecule has 3 N–H and O–H groups in total. The molecule has 1 fully saturated rings. The summed E-state index contributed by atoms with van der Waals surface area (Å²) in [5.74, 6) is -1.77. The Kier molecular flexibility index (Phi) is 8.67. The number of amides is 2. The van der Waals surface area contributed by atoms with Crippen LogP contribution in [0.3, 0.4) is 0 Å². The number of anilines is 3. The molecule has 2 aromatic heterocycles. The van der Waals surface area contributed by atoms with Crippen LogP contribution in [0.25, 0.3) is 10.9 Å². The number of rotatable bonds is 8. The topological polar surface area (TPSA) is 93.4 Å². The highest BCUT2D eigenvalue weighted by Gasteiger charge is 2.26. The Morgan fingerprint density at radius 2 is 1.68 bits per heavy atom. The van der Waals surface area contributed by atoms with Crippen LogP contribution >= 0.6 is 23.2 Å². The fourth-order valence-electron chi connectivity index (χ4n) is 5.46. The maximum atomic E-state index is 15.4. The van der Waals surface area contributed by atoms with Gasteiger partial charge in [0.2, 0.25) is 5.91 Å². The lowest BCUT2D eigenvalue weighted by Crippen LogP contribution is -2.47. The van der Waals surface area contributed by atoms with E-state index in [0.29, 0.717) is 47.6 Å². The second kappa shape index (κ2) is 13.0. The van der Waals surface area contributed by atoms with Gasteiger partial charge in [0.15, 0.2) is 0 Å². The molecule has 2 amide bonds. The summed E-state index contributed by atoms with van der Waals surface area (Å²) >= 11 is 12.6. The number of nitrogens with one attached hydrogen (secondary N) is 3. The van der Waals surface area contributed by atoms with Crippen LogP contribution in [0.2, 0.25) is 10.0 Å². The number of hydrogen-bond acceptors (Lipinski definition) is 5. The van der Waals surface area contributed by atoms with E-state index in [-0.39, 0.29) is 12.0 Å². The molecule has 1 aliphatic rings. The Morgan fingerprint density at radius 3 is 2.45 bits per heavy atom. The van der Waals surface area contributed by atoms with Crippen molar-refractivity contribution >= 4 is 63.0 Å². The number of carbonyl (C=O) groups excluding carboxylic acids is 2. The van der Waals surface area contributed by atoms with E-state index in [4.69, 9.17) is 23.2 Å². The largest absolute Gasteiger partial charge is 0.368 e. The number of carbonyl (C=O) groups is 2. The molecule has 0 bridgehead atoms. The summed E-state index contributed by atoms with van der Waals surface area (Å²) in [5.41, 5.74) is 3.70. The summed E-state index contributed by atoms with van der Waals surface area (Å²) in [4.78, 5) is 38.1. The SMILES string of the molecule is O=C(N[C@H](Cc1c[nH]c2ccccc12)C(=O)Nc1ccncc1)c1ccc(N2CCN(c3cccc(Cl)c3Cl)CC2)cc1F. The van der Waals surface area contributed by atoms with Crippen molar-refractivity contribution in [3.8, 4) is 0 Å². The zero-order valence-electron chi connectivity index (χ0n) is 23.6. The molecule has 6 rings (SSSR count). The van der Waals surface area contributed by atoms with Crippen molar-refractivity contribution in [2.75, 3.05) is 41.3 Å². The predicted octanol–water partition coefficient (Wildman–Crippen LogP) is 6.32. The highest BCUT2D eigenvalue weighted by molar-refractivity contribution is 6.43. The second-order valence-electron chi connectivity index (χ2n) is 10.5. The van der Waals surface area contributed by atoms with Gasteiger partial charge in [-0.2, -0.15) is 0 Å². The maximum Gasteiger partial charge on any atom is 0.254 e. The molecule has 0 spiro atoms. The molecule has 224 valence electrons. The highest BCUT2D eigenvalue weighted by Crippen LogP contribution is 2.33. The fraction of sp³-hybridized carbons (Fsp3) is 0.182. The number of aromatic amines is 1. The van der Waals surface area contributed by atoms with Crippen LogP contribution in [0.5, 0.6) is 0 Å². The molecule has 11 heteroatoms. The van der Waals surface area contributed by atoms with Crippen molar-refractivity contribution in [1.82, 2.24) is 15.3 Å². The number of fused-ring (bicyclic) bond motifs is 1. The first-order valence-electron chi connectivity index (χ1n) is 14.2. The first-order valence-corrected chi connectivity index (χ1v) is 14.9. The monoisotopic (exact) mass is 630 g/mol. The van der Waals surface area contributed by atoms with Crippen molar-refractivity contribution in [2.45, 2.75) is 12.5 Å². The Balaban J connectivity index is 1.16. The maximum absolute atomic E-state index is 15.4. The highest BCUT2D eigenvalue weighted by atomic mass is 35.5. The minimum atomic E-state index is -0.972. The van der Waals surface area contributed by atoms with Crippen molar-refractivity contribution in [3.05, 3.63) is 118 Å². The summed E-state index contributed by atoms with van der Waals surface area (Å²) in [5, 5.41) is 7.55. The van der Waals surface area contributed by atoms with E-state index in [1.54, 1.807) is 36.7 Å². The molecule has 5 aromatic rings. The molecule has 0 unspecified atom stereocenters. The molecule has 1 aliphatic heterocycles. The third kappa shape index (κ3) is 6.34. The van der Waals surface area contributed by atoms with E-state index in [2.05, 4.69) is 30.4 Å². The van der Waals surface area contributed by atoms with Crippen molar-refractivity contribution in [1.29, 1.82) is 0 Å². The Labute approximate surface area is 263 Å². The fourth-order valence-corrected chi connectivity index (χ4v) is 5.87. The average molecular weight is 632 g/mol. The summed E-state index contributed by atoms with van der Waals surface area (Å²) in [6, 6.07) is 20.2. The van der Waals surface area contributed by atoms with Gasteiger partial charge in [0.25, 0.3) is 5.91 Å². The Bertz CT molecular complexity index is 1810. The van der Waals surface area contributed by atoms with Crippen molar-refractivity contribution < 1.29 is 14.0 Å². The number of piperazine rings is 1. The summed E-state index contributed by atoms with van der Waals surface area (Å²) in [7, 11) is 0. The summed E-state index contributed by atoms with van der Waals surface area (Å²) < 4.78 is 15.4. The average Bonchev–Trinajstić information content (AvgIpc) is 3.45. The van der Waals surface area contributed by atoms with Gasteiger partial charge in [-0.3, -0.25) is 14.6 Å². The van der Waals surface area contributed by atoms with Gasteiger partial charge in [0.05, 0.1) is 21.3 Å². The molecule has 8 nitrogen and oxygen atoms in total. The van der Waals surface area contributed by atoms with Gasteiger partial charge in [-0.1, -0.05) is 47.5 Å². The number of aromatic nitrogens is 2. The number of hydrogen-bond donors (Lipinski definition) is 3. The lowest BCUT2D eigenvalue weighted by Gasteiger charge is -2.37. The van der Waals surface area contributed by atoms with Crippen LogP contribution in [0.15, 0.2) is 91.4 Å². The molecule has 0 aliphatic carbocycles. The van der Waals surface area contributed by atoms with E-state index in [1.807, 2.05) is 42.6 Å². The third-order valence-electron chi connectivity index (χ3n) is 7.78. The van der Waals surface area contributed by atoms with Crippen molar-refractivity contribution in [3.63, 3.8) is 0 Å². The molecule has 3 aromatic carbocycles. The van der Waals surface area contributed by atoms with E-state index < -0.39 is 23.7 Å². The van der Waals surface area contributed by atoms with E-state index in [0.717, 1.165) is 22.2 Å². The first-order chi connectivity index (χ1) is 21.4. The zero-order chi connectivity index (χ0) is 30.6. The Hall–Kier alpha value is -4.60. The smallest absolute Gasteiger partial charge is 0.254 e. The van der Waals surface area contributed by atoms with Crippen LogP contribution < -0.4 is 20.4 Å². The van der Waals surface area contributed by atoms with Crippen LogP contribution in [-0.4, -0.2) is 54.0 Å². The molecule has 1 atom stereocenters. The standard InChI is InChI=1S/C33H29Cl2FN6O2/c34-26-5-3-7-30(31(26)35)42-16-14-41(15-17-42)23-8-9-25(27(36)19-23)32(43)40-29(33(44)39-22-10-12-37-13-11-22)18-21-20-38-28-6-2-1-4-24(21)28/h1-13,19-20,29,38H,14-18H2,(H,40,43)(H,37,39,44)/t29-/m1/s1. The van der Waals surface area contributed by atoms with Gasteiger partial charge in [0.1, 0.15) is 11.9 Å². The minimum Gasteiger partial charge on any atom is -0.368 e. The van der Waals surface area contributed by atoms with E-state index in [1.165, 1.54) is 12.1 Å². The van der Waals surface area contributed by atoms with Gasteiger partial charge < -0.3 is 25.4 Å². The van der Waals surface area contributed by atoms with Gasteiger partial charge in [0, 0.05) is 73.5 Å². The van der Waals surface area contributed by atoms with Crippen LogP contribution in [0.4, 0.5) is 21.5 Å². The number of halogens is 3. The summed E-state index contributed by atoms with van der Waals surface area (Å²) in [6.45, 7) is 2.61. The number of nitrogens with zero attached hydrogens (tertiary/aromatic N) is 3. The van der Waals surface area contributed by atoms with Crippen LogP contribution in [-0.2, 0) is 11.2 Å². The van der Waals surface area contributed by atoms with Gasteiger partial charge in [-0.25, -0.2) is 4.39 Å². The van der Waals surface area contributed by atoms with Crippen molar-refractivity contribution in [2.24, 2.45) is 0 Å². The molecular formula is C33H29Cl2FN6O2. The third-order valence-corrected chi connectivity index (χ3v) is 8.59. The van der Waals surface area contributed by atoms with E-state index in [9.17, 15) is 9.59 Å². The number of para-hydroxylation sites is 1. The number of benzene rings is 3. The molecule has 3 heterocycles. The lowest BCUT2D eigenvalue weighted by atomic mass is 10.0. The van der Waals surface area contributed by atoms with Gasteiger partial charge in [-0.15, -0.1) is 0 Å². The van der Waals surface area contributed by atoms with Gasteiger partial charge >= 0.3 is 0 Å². The Morgan fingerprint density at radius 1 is 0.932 bits per heavy atom. The second-order valence-corrected chi connectivity index (χ2v) is 11.3. The quantitative estimate of drug-likeness (QED) is 0.187. The zero-order valence-corrected chi connectivity index (χ0v) is 25.1. The minimum absolute atomic E-state index is 0.140. The lowest BCUT2D eigenvalue weighted by molar-refractivity contribution is -0.118. The molecule has 0 saturated carbocycles. The number of pyridine rings is 1. The van der Waals surface area contributed by atoms with Crippen LogP contribution in [0.1, 0.15) is 15.9 Å². The molecule has 44 heavy (non-hydrogen) atoms. The number of H-pyrrole nitrogens is 1. The molecular weight excluding hydrogens is 602 g/mol. The summed E-state index contributed by atoms with van der Waals surface area (Å²) in [6.07, 6.45) is 5.14. The predicted molar refractivity (Wildman–Crippen MR) is 173 cm³/mol. The molecule has 1 saturated heterocycles. The van der Waals surface area contributed by atoms with Gasteiger partial charge in [-0.05, 0) is 54.1 Å². The first kappa shape index (κ1) is 29.5. The molecule has 0 radical (unpaired) electrons. The van der Waals surface area contributed by atoms with Crippen LogP contribution in [0, 0.1) is 5.82 Å². The normalized spacial score (nSPS) is 14.0. The van der Waals surface area contributed by atoms with E-state index >= 15 is 4.39 Å².